The number of amides is 1. The maximum atomic E-state index is 12.8. The van der Waals surface area contributed by atoms with Gasteiger partial charge in [-0.05, 0) is 37.6 Å². The van der Waals surface area contributed by atoms with Crippen LogP contribution in [0.1, 0.15) is 18.4 Å². The topological polar surface area (TPSA) is 41.6 Å². The van der Waals surface area contributed by atoms with E-state index in [4.69, 9.17) is 4.74 Å². The first-order valence-corrected chi connectivity index (χ1v) is 7.43. The van der Waals surface area contributed by atoms with Gasteiger partial charge in [0.1, 0.15) is 5.82 Å². The SMILES string of the molecule is CN(CCNC(=O)[C@H]1CCCOC1)Cc1ccc(F)cc1. The van der Waals surface area contributed by atoms with Gasteiger partial charge in [0, 0.05) is 26.2 Å². The predicted octanol–water partition coefficient (Wildman–Crippen LogP) is 1.80. The van der Waals surface area contributed by atoms with Gasteiger partial charge in [0.2, 0.25) is 5.91 Å². The van der Waals surface area contributed by atoms with E-state index in [9.17, 15) is 9.18 Å². The summed E-state index contributed by atoms with van der Waals surface area (Å²) in [6.07, 6.45) is 1.87. The lowest BCUT2D eigenvalue weighted by Gasteiger charge is -2.22. The van der Waals surface area contributed by atoms with Gasteiger partial charge >= 0.3 is 0 Å². The summed E-state index contributed by atoms with van der Waals surface area (Å²) in [5, 5.41) is 2.96. The molecule has 116 valence electrons. The maximum absolute atomic E-state index is 12.8. The first-order valence-electron chi connectivity index (χ1n) is 7.43. The first-order chi connectivity index (χ1) is 10.1. The van der Waals surface area contributed by atoms with Crippen LogP contribution in [0.25, 0.3) is 0 Å². The van der Waals surface area contributed by atoms with Crippen LogP contribution in [0, 0.1) is 11.7 Å². The van der Waals surface area contributed by atoms with Gasteiger partial charge in [-0.1, -0.05) is 12.1 Å². The maximum Gasteiger partial charge on any atom is 0.225 e. The smallest absolute Gasteiger partial charge is 0.225 e. The van der Waals surface area contributed by atoms with Crippen LogP contribution < -0.4 is 5.32 Å². The van der Waals surface area contributed by atoms with Crippen LogP contribution in [0.5, 0.6) is 0 Å². The molecular weight excluding hydrogens is 271 g/mol. The largest absolute Gasteiger partial charge is 0.381 e. The summed E-state index contributed by atoms with van der Waals surface area (Å²) in [6.45, 7) is 3.42. The zero-order valence-corrected chi connectivity index (χ0v) is 12.5. The minimum atomic E-state index is -0.219. The van der Waals surface area contributed by atoms with Gasteiger partial charge in [0.25, 0.3) is 0 Å². The third-order valence-corrected chi connectivity index (χ3v) is 3.69. The zero-order chi connectivity index (χ0) is 15.1. The Balaban J connectivity index is 1.65. The number of nitrogens with one attached hydrogen (secondary N) is 1. The van der Waals surface area contributed by atoms with E-state index in [0.29, 0.717) is 13.2 Å². The molecule has 0 radical (unpaired) electrons. The summed E-state index contributed by atoms with van der Waals surface area (Å²) in [6, 6.07) is 6.50. The fourth-order valence-corrected chi connectivity index (χ4v) is 2.44. The van der Waals surface area contributed by atoms with Gasteiger partial charge in [0.05, 0.1) is 12.5 Å². The Kier molecular flexibility index (Phi) is 6.14. The molecule has 0 aliphatic carbocycles. The highest BCUT2D eigenvalue weighted by molar-refractivity contribution is 5.78. The molecule has 1 aromatic rings. The summed E-state index contributed by atoms with van der Waals surface area (Å²) >= 11 is 0. The molecule has 1 aromatic carbocycles. The van der Waals surface area contributed by atoms with Crippen LogP contribution in [-0.2, 0) is 16.1 Å². The molecule has 1 heterocycles. The molecule has 1 amide bonds. The van der Waals surface area contributed by atoms with Gasteiger partial charge < -0.3 is 15.0 Å². The van der Waals surface area contributed by atoms with Crippen molar-refractivity contribution in [2.75, 3.05) is 33.4 Å². The van der Waals surface area contributed by atoms with E-state index in [1.54, 1.807) is 12.1 Å². The average Bonchev–Trinajstić information content (AvgIpc) is 2.50. The molecule has 2 rings (SSSR count). The quantitative estimate of drug-likeness (QED) is 0.870. The predicted molar refractivity (Wildman–Crippen MR) is 79.3 cm³/mol. The second-order valence-electron chi connectivity index (χ2n) is 5.57. The number of nitrogens with zero attached hydrogens (tertiary/aromatic N) is 1. The van der Waals surface area contributed by atoms with Crippen molar-refractivity contribution < 1.29 is 13.9 Å². The van der Waals surface area contributed by atoms with Crippen LogP contribution in [0.15, 0.2) is 24.3 Å². The molecule has 1 saturated heterocycles. The number of halogens is 1. The fraction of sp³-hybridized carbons (Fsp3) is 0.562. The number of likely N-dealkylation sites (N-methyl/N-ethyl adjacent to an activating group) is 1. The Morgan fingerprint density at radius 2 is 2.19 bits per heavy atom. The van der Waals surface area contributed by atoms with E-state index in [1.165, 1.54) is 12.1 Å². The summed E-state index contributed by atoms with van der Waals surface area (Å²) in [7, 11) is 1.99. The van der Waals surface area contributed by atoms with Gasteiger partial charge in [-0.25, -0.2) is 4.39 Å². The van der Waals surface area contributed by atoms with E-state index in [2.05, 4.69) is 10.2 Å². The first kappa shape index (κ1) is 15.9. The normalized spacial score (nSPS) is 18.7. The summed E-state index contributed by atoms with van der Waals surface area (Å²) in [5.74, 6) is -0.130. The number of carbonyl (C=O) groups is 1. The van der Waals surface area contributed by atoms with Crippen molar-refractivity contribution in [3.05, 3.63) is 35.6 Å². The number of hydrogen-bond donors (Lipinski definition) is 1. The Morgan fingerprint density at radius 1 is 1.43 bits per heavy atom. The molecule has 1 aliphatic heterocycles. The molecule has 0 spiro atoms. The Morgan fingerprint density at radius 3 is 2.86 bits per heavy atom. The summed E-state index contributed by atoms with van der Waals surface area (Å²) in [5.41, 5.74) is 1.06. The summed E-state index contributed by atoms with van der Waals surface area (Å²) < 4.78 is 18.1. The molecule has 4 nitrogen and oxygen atoms in total. The second-order valence-corrected chi connectivity index (χ2v) is 5.57. The van der Waals surface area contributed by atoms with Crippen LogP contribution in [0.2, 0.25) is 0 Å². The van der Waals surface area contributed by atoms with Crippen molar-refractivity contribution in [1.29, 1.82) is 0 Å². The molecule has 0 saturated carbocycles. The average molecular weight is 294 g/mol. The van der Waals surface area contributed by atoms with Crippen molar-refractivity contribution in [3.8, 4) is 0 Å². The molecule has 0 unspecified atom stereocenters. The third kappa shape index (κ3) is 5.44. The lowest BCUT2D eigenvalue weighted by Crippen LogP contribution is -2.39. The molecule has 5 heteroatoms. The van der Waals surface area contributed by atoms with Gasteiger partial charge in [-0.3, -0.25) is 4.79 Å². The monoisotopic (exact) mass is 294 g/mol. The van der Waals surface area contributed by atoms with Crippen LogP contribution in [-0.4, -0.2) is 44.2 Å². The van der Waals surface area contributed by atoms with Crippen molar-refractivity contribution in [3.63, 3.8) is 0 Å². The van der Waals surface area contributed by atoms with Crippen molar-refractivity contribution in [2.24, 2.45) is 5.92 Å². The molecular formula is C16H23FN2O2. The number of rotatable bonds is 6. The molecule has 1 N–H and O–H groups in total. The molecule has 1 aliphatic rings. The fourth-order valence-electron chi connectivity index (χ4n) is 2.44. The molecule has 1 fully saturated rings. The van der Waals surface area contributed by atoms with E-state index in [0.717, 1.165) is 38.1 Å². The van der Waals surface area contributed by atoms with Crippen LogP contribution in [0.4, 0.5) is 4.39 Å². The van der Waals surface area contributed by atoms with Crippen molar-refractivity contribution in [1.82, 2.24) is 10.2 Å². The van der Waals surface area contributed by atoms with E-state index in [1.807, 2.05) is 7.05 Å². The molecule has 21 heavy (non-hydrogen) atoms. The number of benzene rings is 1. The van der Waals surface area contributed by atoms with Crippen molar-refractivity contribution in [2.45, 2.75) is 19.4 Å². The minimum absolute atomic E-state index is 0.00107. The Hall–Kier alpha value is -1.46. The number of carbonyl (C=O) groups excluding carboxylic acids is 1. The highest BCUT2D eigenvalue weighted by Gasteiger charge is 2.21. The minimum Gasteiger partial charge on any atom is -0.381 e. The zero-order valence-electron chi connectivity index (χ0n) is 12.5. The van der Waals surface area contributed by atoms with Gasteiger partial charge in [-0.15, -0.1) is 0 Å². The van der Waals surface area contributed by atoms with Crippen molar-refractivity contribution >= 4 is 5.91 Å². The highest BCUT2D eigenvalue weighted by Crippen LogP contribution is 2.13. The van der Waals surface area contributed by atoms with E-state index < -0.39 is 0 Å². The molecule has 1 atom stereocenters. The lowest BCUT2D eigenvalue weighted by molar-refractivity contribution is -0.128. The molecule has 0 aromatic heterocycles. The second kappa shape index (κ2) is 8.10. The Bertz CT molecular complexity index is 444. The standard InChI is InChI=1S/C16H23FN2O2/c1-19(11-13-4-6-15(17)7-5-13)9-8-18-16(20)14-3-2-10-21-12-14/h4-7,14H,2-3,8-12H2,1H3,(H,18,20)/t14-/m0/s1. The van der Waals surface area contributed by atoms with E-state index >= 15 is 0 Å². The van der Waals surface area contributed by atoms with Crippen LogP contribution >= 0.6 is 0 Å². The summed E-state index contributed by atoms with van der Waals surface area (Å²) in [4.78, 5) is 14.0. The highest BCUT2D eigenvalue weighted by atomic mass is 19.1. The van der Waals surface area contributed by atoms with E-state index in [-0.39, 0.29) is 17.6 Å². The third-order valence-electron chi connectivity index (χ3n) is 3.69. The van der Waals surface area contributed by atoms with Crippen LogP contribution in [0.3, 0.4) is 0 Å². The number of hydrogen-bond acceptors (Lipinski definition) is 3. The molecule has 0 bridgehead atoms. The van der Waals surface area contributed by atoms with Gasteiger partial charge in [-0.2, -0.15) is 0 Å². The lowest BCUT2D eigenvalue weighted by atomic mass is 10.0. The van der Waals surface area contributed by atoms with Gasteiger partial charge in [0.15, 0.2) is 0 Å². The Labute approximate surface area is 125 Å². The number of ether oxygens (including phenoxy) is 1.